The van der Waals surface area contributed by atoms with Gasteiger partial charge in [0.25, 0.3) is 0 Å². The third-order valence-electron chi connectivity index (χ3n) is 1.85. The van der Waals surface area contributed by atoms with E-state index in [4.69, 9.17) is 5.11 Å². The van der Waals surface area contributed by atoms with Gasteiger partial charge in [0.05, 0.1) is 0 Å². The maximum absolute atomic E-state index is 9.14. The van der Waals surface area contributed by atoms with Crippen molar-refractivity contribution >= 4 is 12.2 Å². The molecule has 0 aliphatic rings. The molecule has 1 aromatic rings. The Hall–Kier alpha value is -1.50. The van der Waals surface area contributed by atoms with Crippen molar-refractivity contribution in [2.24, 2.45) is 0 Å². The molecule has 0 saturated carbocycles. The number of rotatable bonds is 1. The van der Waals surface area contributed by atoms with E-state index in [1.54, 1.807) is 0 Å². The number of allylic oxidation sites excluding steroid dienone is 1. The number of aliphatic hydroxyl groups is 1. The van der Waals surface area contributed by atoms with E-state index in [0.29, 0.717) is 0 Å². The van der Waals surface area contributed by atoms with Crippen molar-refractivity contribution in [2.75, 3.05) is 0 Å². The molecule has 0 spiro atoms. The lowest BCUT2D eigenvalue weighted by Gasteiger charge is -1.97. The van der Waals surface area contributed by atoms with Gasteiger partial charge in [-0.3, -0.25) is 0 Å². The maximum atomic E-state index is 9.14. The molecule has 0 heterocycles. The van der Waals surface area contributed by atoms with Crippen LogP contribution >= 0.6 is 0 Å². The number of aliphatic hydroxyl groups excluding tert-OH is 1. The molecule has 0 bridgehead atoms. The molecule has 0 unspecified atom stereocenters. The minimum Gasteiger partial charge on any atom is -0.508 e. The van der Waals surface area contributed by atoms with E-state index >= 15 is 0 Å². The van der Waals surface area contributed by atoms with Crippen molar-refractivity contribution in [3.63, 3.8) is 0 Å². The first-order chi connectivity index (χ1) is 5.63. The van der Waals surface area contributed by atoms with Crippen LogP contribution in [0.3, 0.4) is 0 Å². The Kier molecular flexibility index (Phi) is 2.34. The zero-order chi connectivity index (χ0) is 9.14. The monoisotopic (exact) mass is 160 g/mol. The van der Waals surface area contributed by atoms with E-state index in [1.807, 2.05) is 31.2 Å². The summed E-state index contributed by atoms with van der Waals surface area (Å²) in [6, 6.07) is 7.65. The normalized spacial score (nSPS) is 12.4. The van der Waals surface area contributed by atoms with Crippen LogP contribution in [0.4, 0.5) is 0 Å². The average molecular weight is 160 g/mol. The second-order valence-corrected chi connectivity index (χ2v) is 2.73. The van der Waals surface area contributed by atoms with E-state index in [0.717, 1.165) is 16.0 Å². The Balaban J connectivity index is 3.56. The summed E-state index contributed by atoms with van der Waals surface area (Å²) in [6.45, 7) is 9.14. The molecule has 0 fully saturated rings. The van der Waals surface area contributed by atoms with E-state index in [-0.39, 0.29) is 5.76 Å². The standard InChI is InChI=1S/C11H12O/c1-8-6-4-5-7-11(8)9(2)10(3)12/h4-7,12H,1,3H2,2H3/b11-9-. The van der Waals surface area contributed by atoms with Crippen LogP contribution in [0, 0.1) is 0 Å². The molecule has 0 aromatic heterocycles. The van der Waals surface area contributed by atoms with Gasteiger partial charge >= 0.3 is 0 Å². The largest absolute Gasteiger partial charge is 0.508 e. The van der Waals surface area contributed by atoms with Crippen molar-refractivity contribution in [1.82, 2.24) is 0 Å². The fourth-order valence-corrected chi connectivity index (χ4v) is 1.04. The summed E-state index contributed by atoms with van der Waals surface area (Å²) in [5, 5.41) is 11.0. The van der Waals surface area contributed by atoms with Crippen molar-refractivity contribution in [3.05, 3.63) is 47.0 Å². The molecule has 12 heavy (non-hydrogen) atoms. The predicted octanol–water partition coefficient (Wildman–Crippen LogP) is 1.34. The fourth-order valence-electron chi connectivity index (χ4n) is 1.04. The number of benzene rings is 1. The fraction of sp³-hybridized carbons (Fsp3) is 0.0909. The highest BCUT2D eigenvalue weighted by Gasteiger charge is 1.93. The van der Waals surface area contributed by atoms with E-state index in [1.165, 1.54) is 0 Å². The van der Waals surface area contributed by atoms with E-state index in [9.17, 15) is 0 Å². The van der Waals surface area contributed by atoms with Crippen molar-refractivity contribution < 1.29 is 5.11 Å². The topological polar surface area (TPSA) is 20.2 Å². The predicted molar refractivity (Wildman–Crippen MR) is 52.1 cm³/mol. The zero-order valence-electron chi connectivity index (χ0n) is 7.17. The first-order valence-corrected chi connectivity index (χ1v) is 3.76. The molecule has 0 aliphatic heterocycles. The Morgan fingerprint density at radius 3 is 2.42 bits per heavy atom. The van der Waals surface area contributed by atoms with Gasteiger partial charge in [-0.25, -0.2) is 0 Å². The summed E-state index contributed by atoms with van der Waals surface area (Å²) in [5.74, 6) is 0.103. The zero-order valence-corrected chi connectivity index (χ0v) is 7.17. The van der Waals surface area contributed by atoms with Crippen molar-refractivity contribution in [2.45, 2.75) is 6.92 Å². The SMILES string of the molecule is C=C(O)/C(C)=c1/ccccc1=C. The molecule has 62 valence electrons. The molecule has 1 N–H and O–H groups in total. The van der Waals surface area contributed by atoms with Gasteiger partial charge in [-0.1, -0.05) is 37.4 Å². The summed E-state index contributed by atoms with van der Waals surface area (Å²) in [7, 11) is 0. The second-order valence-electron chi connectivity index (χ2n) is 2.73. The lowest BCUT2D eigenvalue weighted by Crippen LogP contribution is -2.24. The Morgan fingerprint density at radius 2 is 1.92 bits per heavy atom. The highest BCUT2D eigenvalue weighted by atomic mass is 16.3. The van der Waals surface area contributed by atoms with Gasteiger partial charge < -0.3 is 5.11 Å². The Labute approximate surface area is 72.0 Å². The maximum Gasteiger partial charge on any atom is 0.111 e. The van der Waals surface area contributed by atoms with Crippen molar-refractivity contribution in [3.8, 4) is 0 Å². The van der Waals surface area contributed by atoms with E-state index < -0.39 is 0 Å². The molecule has 0 amide bonds. The molecular formula is C11H12O. The van der Waals surface area contributed by atoms with Crippen molar-refractivity contribution in [1.29, 1.82) is 0 Å². The highest BCUT2D eigenvalue weighted by molar-refractivity contribution is 5.57. The van der Waals surface area contributed by atoms with Crippen LogP contribution in [-0.2, 0) is 0 Å². The first-order valence-electron chi connectivity index (χ1n) is 3.76. The summed E-state index contributed by atoms with van der Waals surface area (Å²) in [6.07, 6.45) is 0. The van der Waals surface area contributed by atoms with Gasteiger partial charge in [-0.15, -0.1) is 0 Å². The van der Waals surface area contributed by atoms with Gasteiger partial charge in [-0.05, 0) is 22.9 Å². The molecular weight excluding hydrogens is 148 g/mol. The van der Waals surface area contributed by atoms with Crippen LogP contribution in [0.1, 0.15) is 6.92 Å². The minimum atomic E-state index is 0.103. The molecule has 0 saturated heterocycles. The van der Waals surface area contributed by atoms with Crippen LogP contribution in [0.2, 0.25) is 0 Å². The summed E-state index contributed by atoms with van der Waals surface area (Å²) in [4.78, 5) is 0. The van der Waals surface area contributed by atoms with Gasteiger partial charge in [-0.2, -0.15) is 0 Å². The Bertz CT molecular complexity index is 401. The molecule has 0 radical (unpaired) electrons. The highest BCUT2D eigenvalue weighted by Crippen LogP contribution is 1.98. The van der Waals surface area contributed by atoms with Gasteiger partial charge in [0.1, 0.15) is 5.76 Å². The molecule has 1 heteroatoms. The third-order valence-corrected chi connectivity index (χ3v) is 1.85. The summed E-state index contributed by atoms with van der Waals surface area (Å²) in [5.41, 5.74) is 0.778. The summed E-state index contributed by atoms with van der Waals surface area (Å²) < 4.78 is 0. The summed E-state index contributed by atoms with van der Waals surface area (Å²) >= 11 is 0. The van der Waals surface area contributed by atoms with Crippen LogP contribution < -0.4 is 10.4 Å². The lowest BCUT2D eigenvalue weighted by atomic mass is 10.1. The minimum absolute atomic E-state index is 0.103. The molecule has 0 atom stereocenters. The molecule has 1 nitrogen and oxygen atoms in total. The average Bonchev–Trinajstić information content (AvgIpc) is 2.04. The van der Waals surface area contributed by atoms with Gasteiger partial charge in [0, 0.05) is 0 Å². The Morgan fingerprint density at radius 1 is 1.33 bits per heavy atom. The van der Waals surface area contributed by atoms with Crippen LogP contribution in [0.5, 0.6) is 0 Å². The van der Waals surface area contributed by atoms with Gasteiger partial charge in [0.15, 0.2) is 0 Å². The number of hydrogen-bond donors (Lipinski definition) is 1. The quantitative estimate of drug-likeness (QED) is 0.615. The second kappa shape index (κ2) is 3.26. The third kappa shape index (κ3) is 1.56. The first kappa shape index (κ1) is 8.60. The smallest absolute Gasteiger partial charge is 0.111 e. The van der Waals surface area contributed by atoms with Gasteiger partial charge in [0.2, 0.25) is 0 Å². The molecule has 1 rings (SSSR count). The van der Waals surface area contributed by atoms with Crippen LogP contribution in [0.25, 0.3) is 12.2 Å². The van der Waals surface area contributed by atoms with E-state index in [2.05, 4.69) is 13.2 Å². The lowest BCUT2D eigenvalue weighted by molar-refractivity contribution is 0.439. The molecule has 1 aromatic carbocycles. The van der Waals surface area contributed by atoms with Crippen LogP contribution in [0.15, 0.2) is 36.6 Å². The number of hydrogen-bond acceptors (Lipinski definition) is 1. The molecule has 0 aliphatic carbocycles. The van der Waals surface area contributed by atoms with Crippen LogP contribution in [-0.4, -0.2) is 5.11 Å².